The van der Waals surface area contributed by atoms with Crippen LogP contribution in [0.3, 0.4) is 0 Å². The fourth-order valence-electron chi connectivity index (χ4n) is 5.18. The monoisotopic (exact) mass is 364 g/mol. The van der Waals surface area contributed by atoms with E-state index in [2.05, 4.69) is 20.5 Å². The summed E-state index contributed by atoms with van der Waals surface area (Å²) in [7, 11) is 0. The molecule has 0 spiro atoms. The molecule has 5 heterocycles. The van der Waals surface area contributed by atoms with Gasteiger partial charge in [0, 0.05) is 42.1 Å². The molecule has 2 aromatic rings. The standard InChI is InChI=1S/C21H28N6/c1-4-16(14-22-9-1)19-25-18-15-23-10-5-17(18)20(26-19)24-11-8-21-6-2-12-27(21)13-3-7-21/h1,4,9,14,23H,2-3,5-8,10-13,15H2,(H,24,25,26). The van der Waals surface area contributed by atoms with E-state index in [-0.39, 0.29) is 0 Å². The van der Waals surface area contributed by atoms with Gasteiger partial charge in [0.1, 0.15) is 5.82 Å². The number of fused-ring (bicyclic) bond motifs is 2. The lowest BCUT2D eigenvalue weighted by molar-refractivity contribution is 0.187. The summed E-state index contributed by atoms with van der Waals surface area (Å²) in [6.45, 7) is 5.38. The maximum atomic E-state index is 4.90. The van der Waals surface area contributed by atoms with Crippen LogP contribution in [0, 0.1) is 0 Å². The summed E-state index contributed by atoms with van der Waals surface area (Å²) < 4.78 is 0. The fraction of sp³-hybridized carbons (Fsp3) is 0.571. The first kappa shape index (κ1) is 17.1. The van der Waals surface area contributed by atoms with Crippen LogP contribution in [-0.2, 0) is 13.0 Å². The third kappa shape index (κ3) is 3.21. The zero-order valence-corrected chi connectivity index (χ0v) is 15.9. The molecule has 0 bridgehead atoms. The van der Waals surface area contributed by atoms with E-state index < -0.39 is 0 Å². The zero-order chi connectivity index (χ0) is 18.1. The van der Waals surface area contributed by atoms with Gasteiger partial charge in [-0.3, -0.25) is 9.88 Å². The molecule has 142 valence electrons. The van der Waals surface area contributed by atoms with Crippen molar-refractivity contribution in [2.45, 2.75) is 50.6 Å². The molecule has 2 N–H and O–H groups in total. The lowest BCUT2D eigenvalue weighted by Gasteiger charge is -2.32. The zero-order valence-electron chi connectivity index (χ0n) is 15.9. The molecule has 0 unspecified atom stereocenters. The van der Waals surface area contributed by atoms with Crippen LogP contribution in [0.5, 0.6) is 0 Å². The van der Waals surface area contributed by atoms with Crippen molar-refractivity contribution in [3.63, 3.8) is 0 Å². The Bertz CT molecular complexity index is 796. The molecule has 2 saturated heterocycles. The van der Waals surface area contributed by atoms with Gasteiger partial charge in [-0.2, -0.15) is 0 Å². The highest BCUT2D eigenvalue weighted by Gasteiger charge is 2.43. The highest BCUT2D eigenvalue weighted by molar-refractivity contribution is 5.59. The SMILES string of the molecule is c1cncc(-c2nc3c(c(NCCC45CCCN4CCC5)n2)CCNC3)c1. The molecule has 2 aromatic heterocycles. The summed E-state index contributed by atoms with van der Waals surface area (Å²) in [6, 6.07) is 3.97. The molecule has 0 radical (unpaired) electrons. The van der Waals surface area contributed by atoms with Crippen LogP contribution in [0.2, 0.25) is 0 Å². The molecule has 0 aliphatic carbocycles. The molecule has 0 atom stereocenters. The van der Waals surface area contributed by atoms with E-state index >= 15 is 0 Å². The number of nitrogens with zero attached hydrogens (tertiary/aromatic N) is 4. The molecule has 27 heavy (non-hydrogen) atoms. The second kappa shape index (κ2) is 7.17. The van der Waals surface area contributed by atoms with E-state index in [9.17, 15) is 0 Å². The minimum atomic E-state index is 0.452. The smallest absolute Gasteiger partial charge is 0.163 e. The summed E-state index contributed by atoms with van der Waals surface area (Å²) in [5.74, 6) is 1.80. The van der Waals surface area contributed by atoms with Crippen LogP contribution in [0.15, 0.2) is 24.5 Å². The topological polar surface area (TPSA) is 66.0 Å². The van der Waals surface area contributed by atoms with Crippen LogP contribution in [0.4, 0.5) is 5.82 Å². The molecule has 6 nitrogen and oxygen atoms in total. The Morgan fingerprint density at radius 1 is 1.19 bits per heavy atom. The summed E-state index contributed by atoms with van der Waals surface area (Å²) in [4.78, 5) is 16.7. The predicted molar refractivity (Wildman–Crippen MR) is 107 cm³/mol. The summed E-state index contributed by atoms with van der Waals surface area (Å²) in [6.07, 6.45) is 11.3. The number of aromatic nitrogens is 3. The Labute approximate surface area is 160 Å². The van der Waals surface area contributed by atoms with Crippen molar-refractivity contribution in [3.8, 4) is 11.4 Å². The van der Waals surface area contributed by atoms with E-state index in [1.807, 2.05) is 18.3 Å². The Morgan fingerprint density at radius 3 is 2.89 bits per heavy atom. The van der Waals surface area contributed by atoms with Gasteiger partial charge in [-0.15, -0.1) is 0 Å². The Balaban J connectivity index is 1.38. The summed E-state index contributed by atoms with van der Waals surface area (Å²) >= 11 is 0. The van der Waals surface area contributed by atoms with Crippen molar-refractivity contribution in [2.75, 3.05) is 31.5 Å². The van der Waals surface area contributed by atoms with Gasteiger partial charge in [0.15, 0.2) is 5.82 Å². The van der Waals surface area contributed by atoms with Crippen LogP contribution in [0.1, 0.15) is 43.4 Å². The number of hydrogen-bond acceptors (Lipinski definition) is 6. The number of pyridine rings is 1. The van der Waals surface area contributed by atoms with E-state index in [0.29, 0.717) is 5.54 Å². The maximum Gasteiger partial charge on any atom is 0.163 e. The highest BCUT2D eigenvalue weighted by Crippen LogP contribution is 2.41. The fourth-order valence-corrected chi connectivity index (χ4v) is 5.18. The van der Waals surface area contributed by atoms with Crippen molar-refractivity contribution in [3.05, 3.63) is 35.8 Å². The largest absolute Gasteiger partial charge is 0.370 e. The van der Waals surface area contributed by atoms with Crippen molar-refractivity contribution in [1.29, 1.82) is 0 Å². The maximum absolute atomic E-state index is 4.90. The molecule has 0 saturated carbocycles. The average Bonchev–Trinajstić information content (AvgIpc) is 3.28. The molecule has 6 heteroatoms. The van der Waals surface area contributed by atoms with Crippen LogP contribution in [-0.4, -0.2) is 51.6 Å². The molecule has 2 fully saturated rings. The Kier molecular flexibility index (Phi) is 4.53. The van der Waals surface area contributed by atoms with Gasteiger partial charge < -0.3 is 10.6 Å². The minimum absolute atomic E-state index is 0.452. The molecule has 3 aliphatic heterocycles. The molecule has 3 aliphatic rings. The summed E-state index contributed by atoms with van der Waals surface area (Å²) in [5.41, 5.74) is 3.84. The molecular weight excluding hydrogens is 336 g/mol. The first-order valence-corrected chi connectivity index (χ1v) is 10.3. The molecule has 0 amide bonds. The van der Waals surface area contributed by atoms with E-state index in [4.69, 9.17) is 9.97 Å². The van der Waals surface area contributed by atoms with Crippen molar-refractivity contribution in [1.82, 2.24) is 25.2 Å². The normalized spacial score (nSPS) is 21.0. The van der Waals surface area contributed by atoms with Crippen molar-refractivity contribution >= 4 is 5.82 Å². The second-order valence-corrected chi connectivity index (χ2v) is 8.08. The molecule has 5 rings (SSSR count). The van der Waals surface area contributed by atoms with E-state index in [0.717, 1.165) is 49.0 Å². The Hall–Kier alpha value is -2.05. The summed E-state index contributed by atoms with van der Waals surface area (Å²) in [5, 5.41) is 7.13. The van der Waals surface area contributed by atoms with Crippen LogP contribution in [0.25, 0.3) is 11.4 Å². The lowest BCUT2D eigenvalue weighted by Crippen LogP contribution is -2.39. The number of rotatable bonds is 5. The lowest BCUT2D eigenvalue weighted by atomic mass is 9.90. The third-order valence-corrected chi connectivity index (χ3v) is 6.55. The number of nitrogens with one attached hydrogen (secondary N) is 2. The molecule has 0 aromatic carbocycles. The van der Waals surface area contributed by atoms with Gasteiger partial charge in [-0.1, -0.05) is 0 Å². The number of hydrogen-bond donors (Lipinski definition) is 2. The van der Waals surface area contributed by atoms with Crippen LogP contribution >= 0.6 is 0 Å². The molecular formula is C21H28N6. The third-order valence-electron chi connectivity index (χ3n) is 6.55. The Morgan fingerprint density at radius 2 is 2.07 bits per heavy atom. The van der Waals surface area contributed by atoms with E-state index in [1.54, 1.807) is 6.20 Å². The van der Waals surface area contributed by atoms with Gasteiger partial charge in [0.25, 0.3) is 0 Å². The van der Waals surface area contributed by atoms with Gasteiger partial charge >= 0.3 is 0 Å². The average molecular weight is 364 g/mol. The first-order chi connectivity index (χ1) is 13.3. The van der Waals surface area contributed by atoms with Gasteiger partial charge in [-0.25, -0.2) is 9.97 Å². The predicted octanol–water partition coefficient (Wildman–Crippen LogP) is 2.61. The van der Waals surface area contributed by atoms with Crippen LogP contribution < -0.4 is 10.6 Å². The van der Waals surface area contributed by atoms with Gasteiger partial charge in [-0.05, 0) is 70.3 Å². The highest BCUT2D eigenvalue weighted by atomic mass is 15.2. The first-order valence-electron chi connectivity index (χ1n) is 10.3. The second-order valence-electron chi connectivity index (χ2n) is 8.08. The van der Waals surface area contributed by atoms with Gasteiger partial charge in [0.2, 0.25) is 0 Å². The van der Waals surface area contributed by atoms with Gasteiger partial charge in [0.05, 0.1) is 5.69 Å². The van der Waals surface area contributed by atoms with Crippen molar-refractivity contribution in [2.24, 2.45) is 0 Å². The van der Waals surface area contributed by atoms with Crippen molar-refractivity contribution < 1.29 is 0 Å². The minimum Gasteiger partial charge on any atom is -0.370 e. The number of anilines is 1. The van der Waals surface area contributed by atoms with E-state index in [1.165, 1.54) is 50.8 Å². The quantitative estimate of drug-likeness (QED) is 0.850.